The molecule has 0 unspecified atom stereocenters. The van der Waals surface area contributed by atoms with E-state index < -0.39 is 0 Å². The summed E-state index contributed by atoms with van der Waals surface area (Å²) < 4.78 is 13.3. The molecule has 196 valence electrons. The Balaban J connectivity index is 1.44. The normalized spacial score (nSPS) is 14.1. The average Bonchev–Trinajstić information content (AvgIpc) is 2.91. The van der Waals surface area contributed by atoms with Crippen molar-refractivity contribution in [2.45, 2.75) is 56.9 Å². The molecule has 0 saturated carbocycles. The topological polar surface area (TPSA) is 43.9 Å². The number of nitrogens with zero attached hydrogens (tertiary/aromatic N) is 3. The molecule has 0 N–H and O–H groups in total. The van der Waals surface area contributed by atoms with Crippen LogP contribution in [-0.4, -0.2) is 71.5 Å². The number of carbonyl (C=O) groups excluding carboxylic acids is 2. The maximum Gasteiger partial charge on any atom is 0.233 e. The van der Waals surface area contributed by atoms with Gasteiger partial charge in [0.2, 0.25) is 11.8 Å². The van der Waals surface area contributed by atoms with E-state index in [9.17, 15) is 14.0 Å². The number of carbonyl (C=O) groups is 2. The van der Waals surface area contributed by atoms with Crippen LogP contribution >= 0.6 is 11.8 Å². The van der Waals surface area contributed by atoms with Gasteiger partial charge in [-0.15, -0.1) is 11.8 Å². The molecule has 3 rings (SSSR count). The number of thioether (sulfide) groups is 1. The van der Waals surface area contributed by atoms with Gasteiger partial charge in [-0.3, -0.25) is 14.5 Å². The van der Waals surface area contributed by atoms with Crippen molar-refractivity contribution >= 4 is 23.6 Å². The van der Waals surface area contributed by atoms with Crippen molar-refractivity contribution in [3.05, 3.63) is 66.0 Å². The van der Waals surface area contributed by atoms with Gasteiger partial charge in [-0.1, -0.05) is 62.9 Å². The summed E-state index contributed by atoms with van der Waals surface area (Å²) in [5.74, 6) is 0.548. The zero-order valence-electron chi connectivity index (χ0n) is 21.5. The fourth-order valence-corrected chi connectivity index (χ4v) is 5.20. The quantitative estimate of drug-likeness (QED) is 0.249. The van der Waals surface area contributed by atoms with Crippen LogP contribution in [0.2, 0.25) is 0 Å². The molecule has 0 spiro atoms. The van der Waals surface area contributed by atoms with Crippen LogP contribution in [0.25, 0.3) is 0 Å². The molecule has 36 heavy (non-hydrogen) atoms. The minimum atomic E-state index is -0.262. The van der Waals surface area contributed by atoms with Crippen LogP contribution in [0, 0.1) is 5.82 Å². The van der Waals surface area contributed by atoms with E-state index in [0.29, 0.717) is 25.3 Å². The van der Waals surface area contributed by atoms with Crippen molar-refractivity contribution in [2.24, 2.45) is 0 Å². The lowest BCUT2D eigenvalue weighted by molar-refractivity contribution is -0.132. The first-order chi connectivity index (χ1) is 17.5. The van der Waals surface area contributed by atoms with Crippen LogP contribution in [0.15, 0.2) is 59.5 Å². The Morgan fingerprint density at radius 1 is 0.917 bits per heavy atom. The number of hydrogen-bond donors (Lipinski definition) is 0. The number of amides is 2. The van der Waals surface area contributed by atoms with E-state index >= 15 is 0 Å². The Labute approximate surface area is 220 Å². The Bertz CT molecular complexity index is 918. The van der Waals surface area contributed by atoms with Crippen molar-refractivity contribution in [3.8, 4) is 0 Å². The molecule has 2 aromatic carbocycles. The fraction of sp³-hybridized carbons (Fsp3) is 0.517. The molecule has 0 aliphatic carbocycles. The van der Waals surface area contributed by atoms with Gasteiger partial charge in [-0.25, -0.2) is 4.39 Å². The molecule has 2 amide bonds. The highest BCUT2D eigenvalue weighted by molar-refractivity contribution is 8.00. The third-order valence-corrected chi connectivity index (χ3v) is 7.65. The molecule has 0 bridgehead atoms. The van der Waals surface area contributed by atoms with Crippen molar-refractivity contribution in [1.82, 2.24) is 14.7 Å². The second-order valence-electron chi connectivity index (χ2n) is 9.43. The maximum absolute atomic E-state index is 13.3. The Hall–Kier alpha value is -2.38. The number of unbranched alkanes of at least 4 members (excludes halogenated alkanes) is 4. The molecule has 1 aliphatic heterocycles. The van der Waals surface area contributed by atoms with Crippen LogP contribution in [0.3, 0.4) is 0 Å². The van der Waals surface area contributed by atoms with Gasteiger partial charge in [-0.05, 0) is 36.2 Å². The summed E-state index contributed by atoms with van der Waals surface area (Å²) in [7, 11) is 0. The highest BCUT2D eigenvalue weighted by Gasteiger charge is 2.22. The van der Waals surface area contributed by atoms with E-state index in [1.54, 1.807) is 23.9 Å². The summed E-state index contributed by atoms with van der Waals surface area (Å²) in [6, 6.07) is 16.4. The number of halogens is 1. The van der Waals surface area contributed by atoms with E-state index in [2.05, 4.69) is 11.8 Å². The number of hydrogen-bond acceptors (Lipinski definition) is 4. The van der Waals surface area contributed by atoms with Crippen LogP contribution < -0.4 is 0 Å². The average molecular weight is 514 g/mol. The Kier molecular flexibility index (Phi) is 12.3. The smallest absolute Gasteiger partial charge is 0.233 e. The maximum atomic E-state index is 13.3. The van der Waals surface area contributed by atoms with Gasteiger partial charge < -0.3 is 9.80 Å². The molecular weight excluding hydrogens is 473 g/mol. The van der Waals surface area contributed by atoms with Crippen LogP contribution in [0.4, 0.5) is 4.39 Å². The molecule has 2 aromatic rings. The Morgan fingerprint density at radius 2 is 1.61 bits per heavy atom. The first kappa shape index (κ1) is 28.2. The highest BCUT2D eigenvalue weighted by Crippen LogP contribution is 2.18. The molecule has 7 heteroatoms. The standard InChI is InChI=1S/C29H40FN3O2S/c1-2-3-4-5-9-12-28(34)33(23-25-13-15-26(30)16-14-25)22-19-31-17-20-32(21-18-31)29(35)24-36-27-10-7-6-8-11-27/h6-8,10-11,13-16H,2-5,9,12,17-24H2,1H3. The first-order valence-corrected chi connectivity index (χ1v) is 14.2. The van der Waals surface area contributed by atoms with Gasteiger partial charge in [0.25, 0.3) is 0 Å². The molecule has 1 aliphatic rings. The molecular formula is C29H40FN3O2S. The third kappa shape index (κ3) is 9.94. The van der Waals surface area contributed by atoms with Crippen molar-refractivity contribution in [2.75, 3.05) is 45.0 Å². The van der Waals surface area contributed by atoms with Crippen molar-refractivity contribution < 1.29 is 14.0 Å². The fourth-order valence-electron chi connectivity index (χ4n) is 4.38. The van der Waals surface area contributed by atoms with E-state index in [4.69, 9.17) is 0 Å². The summed E-state index contributed by atoms with van der Waals surface area (Å²) >= 11 is 1.58. The monoisotopic (exact) mass is 513 g/mol. The molecule has 1 heterocycles. The summed E-state index contributed by atoms with van der Waals surface area (Å²) in [5.41, 5.74) is 0.946. The largest absolute Gasteiger partial charge is 0.339 e. The lowest BCUT2D eigenvalue weighted by atomic mass is 10.1. The summed E-state index contributed by atoms with van der Waals surface area (Å²) in [5, 5.41) is 0. The number of piperazine rings is 1. The van der Waals surface area contributed by atoms with Crippen molar-refractivity contribution in [1.29, 1.82) is 0 Å². The van der Waals surface area contributed by atoms with Gasteiger partial charge in [-0.2, -0.15) is 0 Å². The number of benzene rings is 2. The van der Waals surface area contributed by atoms with Crippen LogP contribution in [-0.2, 0) is 16.1 Å². The summed E-state index contributed by atoms with van der Waals surface area (Å²) in [6.07, 6.45) is 6.15. The second-order valence-corrected chi connectivity index (χ2v) is 10.5. The lowest BCUT2D eigenvalue weighted by Crippen LogP contribution is -2.51. The van der Waals surface area contributed by atoms with E-state index in [1.807, 2.05) is 40.1 Å². The zero-order valence-corrected chi connectivity index (χ0v) is 22.4. The summed E-state index contributed by atoms with van der Waals surface area (Å²) in [4.78, 5) is 33.0. The highest BCUT2D eigenvalue weighted by atomic mass is 32.2. The predicted octanol–water partition coefficient (Wildman–Crippen LogP) is 5.45. The van der Waals surface area contributed by atoms with E-state index in [1.165, 1.54) is 31.4 Å². The second kappa shape index (κ2) is 15.7. The van der Waals surface area contributed by atoms with Gasteiger partial charge in [0.05, 0.1) is 5.75 Å². The Morgan fingerprint density at radius 3 is 2.31 bits per heavy atom. The van der Waals surface area contributed by atoms with Crippen LogP contribution in [0.1, 0.15) is 51.0 Å². The SMILES string of the molecule is CCCCCCCC(=O)N(CCN1CCN(C(=O)CSc2ccccc2)CC1)Cc1ccc(F)cc1. The molecule has 5 nitrogen and oxygen atoms in total. The van der Waals surface area contributed by atoms with Crippen molar-refractivity contribution in [3.63, 3.8) is 0 Å². The van der Waals surface area contributed by atoms with Gasteiger partial charge in [0.15, 0.2) is 0 Å². The predicted molar refractivity (Wildman–Crippen MR) is 145 cm³/mol. The van der Waals surface area contributed by atoms with Gasteiger partial charge in [0, 0.05) is 57.1 Å². The first-order valence-electron chi connectivity index (χ1n) is 13.3. The van der Waals surface area contributed by atoms with Gasteiger partial charge >= 0.3 is 0 Å². The van der Waals surface area contributed by atoms with Gasteiger partial charge in [0.1, 0.15) is 5.82 Å². The third-order valence-electron chi connectivity index (χ3n) is 6.65. The molecule has 0 aromatic heterocycles. The molecule has 1 fully saturated rings. The minimum absolute atomic E-state index is 0.169. The van der Waals surface area contributed by atoms with E-state index in [-0.39, 0.29) is 17.6 Å². The summed E-state index contributed by atoms with van der Waals surface area (Å²) in [6.45, 7) is 7.19. The van der Waals surface area contributed by atoms with E-state index in [0.717, 1.165) is 56.0 Å². The zero-order chi connectivity index (χ0) is 25.6. The van der Waals surface area contributed by atoms with Crippen LogP contribution in [0.5, 0.6) is 0 Å². The minimum Gasteiger partial charge on any atom is -0.339 e. The molecule has 1 saturated heterocycles. The lowest BCUT2D eigenvalue weighted by Gasteiger charge is -2.36. The molecule has 0 atom stereocenters. The number of rotatable bonds is 14. The molecule has 0 radical (unpaired) electrons.